The highest BCUT2D eigenvalue weighted by Crippen LogP contribution is 2.11. The molecule has 4 nitrogen and oxygen atoms in total. The lowest BCUT2D eigenvalue weighted by Gasteiger charge is -2.23. The lowest BCUT2D eigenvalue weighted by Crippen LogP contribution is -2.39. The molecule has 0 aromatic heterocycles. The van der Waals surface area contributed by atoms with Gasteiger partial charge < -0.3 is 10.2 Å². The molecule has 1 amide bonds. The second kappa shape index (κ2) is 17.5. The molecule has 0 bridgehead atoms. The van der Waals surface area contributed by atoms with E-state index >= 15 is 0 Å². The van der Waals surface area contributed by atoms with Crippen LogP contribution in [0.2, 0.25) is 0 Å². The Kier molecular flexibility index (Phi) is 15.6. The van der Waals surface area contributed by atoms with Gasteiger partial charge in [0.15, 0.2) is 0 Å². The first kappa shape index (κ1) is 23.1. The normalized spacial score (nSPS) is 15.3. The van der Waals surface area contributed by atoms with Gasteiger partial charge in [-0.3, -0.25) is 9.79 Å². The van der Waals surface area contributed by atoms with Gasteiger partial charge in [0, 0.05) is 26.1 Å². The van der Waals surface area contributed by atoms with Crippen LogP contribution in [0.4, 0.5) is 0 Å². The van der Waals surface area contributed by atoms with Crippen molar-refractivity contribution >= 4 is 12.1 Å². The number of nitrogens with zero attached hydrogens (tertiary/aromatic N) is 2. The summed E-state index contributed by atoms with van der Waals surface area (Å²) in [5.74, 6) is 0.281. The average Bonchev–Trinajstić information content (AvgIpc) is 2.63. The van der Waals surface area contributed by atoms with Crippen molar-refractivity contribution in [1.82, 2.24) is 10.2 Å². The number of aliphatic imine (C=N–C) groups is 1. The Balaban J connectivity index is 1.80. The van der Waals surface area contributed by atoms with Gasteiger partial charge in [0.1, 0.15) is 0 Å². The fourth-order valence-electron chi connectivity index (χ4n) is 3.50. The van der Waals surface area contributed by atoms with E-state index in [4.69, 9.17) is 0 Å². The van der Waals surface area contributed by atoms with Gasteiger partial charge in [0.25, 0.3) is 0 Å². The van der Waals surface area contributed by atoms with E-state index in [1.54, 1.807) is 0 Å². The quantitative estimate of drug-likeness (QED) is 0.392. The number of carbonyl (C=O) groups excluding carboxylic acids is 1. The molecule has 0 aromatic rings. The Labute approximate surface area is 162 Å². The first-order valence-electron chi connectivity index (χ1n) is 11.3. The van der Waals surface area contributed by atoms with Crippen molar-refractivity contribution in [1.29, 1.82) is 0 Å². The van der Waals surface area contributed by atoms with E-state index in [1.807, 2.05) is 11.1 Å². The Morgan fingerprint density at radius 1 is 0.923 bits per heavy atom. The van der Waals surface area contributed by atoms with Gasteiger partial charge in [-0.1, -0.05) is 77.6 Å². The summed E-state index contributed by atoms with van der Waals surface area (Å²) < 4.78 is 0. The van der Waals surface area contributed by atoms with E-state index in [-0.39, 0.29) is 5.91 Å². The van der Waals surface area contributed by atoms with Crippen LogP contribution in [0.15, 0.2) is 4.99 Å². The molecule has 0 spiro atoms. The molecule has 0 aliphatic carbocycles. The van der Waals surface area contributed by atoms with Gasteiger partial charge in [-0.15, -0.1) is 0 Å². The molecular weight excluding hydrogens is 322 g/mol. The van der Waals surface area contributed by atoms with Gasteiger partial charge in [0.2, 0.25) is 5.91 Å². The zero-order chi connectivity index (χ0) is 18.7. The minimum atomic E-state index is 0.281. The van der Waals surface area contributed by atoms with E-state index in [2.05, 4.69) is 17.2 Å². The highest BCUT2D eigenvalue weighted by Gasteiger charge is 2.13. The number of amides is 1. The summed E-state index contributed by atoms with van der Waals surface area (Å²) in [6.07, 6.45) is 20.0. The van der Waals surface area contributed by atoms with Crippen LogP contribution in [0, 0.1) is 0 Å². The van der Waals surface area contributed by atoms with Crippen LogP contribution < -0.4 is 5.32 Å². The summed E-state index contributed by atoms with van der Waals surface area (Å²) >= 11 is 0. The molecule has 0 radical (unpaired) electrons. The zero-order valence-corrected chi connectivity index (χ0v) is 17.3. The lowest BCUT2D eigenvalue weighted by molar-refractivity contribution is -0.131. The number of nitrogens with one attached hydrogen (secondary N) is 1. The fraction of sp³-hybridized carbons (Fsp3) is 0.909. The van der Waals surface area contributed by atoms with Crippen LogP contribution in [0.5, 0.6) is 0 Å². The van der Waals surface area contributed by atoms with Gasteiger partial charge in [0.05, 0.1) is 6.54 Å². The highest BCUT2D eigenvalue weighted by molar-refractivity contribution is 5.79. The van der Waals surface area contributed by atoms with Crippen molar-refractivity contribution in [2.75, 3.05) is 32.7 Å². The third kappa shape index (κ3) is 13.3. The van der Waals surface area contributed by atoms with Crippen LogP contribution in [0.25, 0.3) is 0 Å². The maximum atomic E-state index is 12.0. The van der Waals surface area contributed by atoms with Crippen LogP contribution >= 0.6 is 0 Å². The van der Waals surface area contributed by atoms with Crippen molar-refractivity contribution < 1.29 is 4.79 Å². The van der Waals surface area contributed by atoms with Gasteiger partial charge in [-0.05, 0) is 25.6 Å². The largest absolute Gasteiger partial charge is 0.340 e. The molecule has 1 aliphatic rings. The summed E-state index contributed by atoms with van der Waals surface area (Å²) in [7, 11) is 0. The zero-order valence-electron chi connectivity index (χ0n) is 17.3. The monoisotopic (exact) mass is 365 g/mol. The second-order valence-electron chi connectivity index (χ2n) is 7.65. The lowest BCUT2D eigenvalue weighted by atomic mass is 10.1. The third-order valence-electron chi connectivity index (χ3n) is 5.23. The van der Waals surface area contributed by atoms with Crippen LogP contribution in [-0.4, -0.2) is 49.7 Å². The number of hydrogen-bond donors (Lipinski definition) is 1. The minimum absolute atomic E-state index is 0.281. The molecule has 1 N–H and O–H groups in total. The Bertz CT molecular complexity index is 357. The molecule has 1 rings (SSSR count). The number of unbranched alkanes of at least 4 members (excludes halogenated alkanes) is 11. The average molecular weight is 366 g/mol. The van der Waals surface area contributed by atoms with E-state index < -0.39 is 0 Å². The first-order chi connectivity index (χ1) is 12.8. The van der Waals surface area contributed by atoms with Crippen molar-refractivity contribution in [3.05, 3.63) is 0 Å². The molecule has 1 heterocycles. The summed E-state index contributed by atoms with van der Waals surface area (Å²) in [4.78, 5) is 18.2. The van der Waals surface area contributed by atoms with Gasteiger partial charge in [-0.25, -0.2) is 0 Å². The Morgan fingerprint density at radius 2 is 1.54 bits per heavy atom. The Morgan fingerprint density at radius 3 is 2.19 bits per heavy atom. The smallest absolute Gasteiger partial charge is 0.223 e. The van der Waals surface area contributed by atoms with Gasteiger partial charge in [-0.2, -0.15) is 0 Å². The molecule has 0 fully saturated rings. The summed E-state index contributed by atoms with van der Waals surface area (Å²) in [5, 5.41) is 3.49. The van der Waals surface area contributed by atoms with Crippen molar-refractivity contribution in [2.24, 2.45) is 4.99 Å². The summed E-state index contributed by atoms with van der Waals surface area (Å²) in [6, 6.07) is 0. The SMILES string of the molecule is CCCCCCCCCCCCCCNCCN1CCN=CCCC1=O. The van der Waals surface area contributed by atoms with E-state index in [1.165, 1.54) is 77.0 Å². The molecule has 1 aliphatic heterocycles. The minimum Gasteiger partial charge on any atom is -0.340 e. The molecule has 152 valence electrons. The number of rotatable bonds is 16. The Hall–Kier alpha value is -0.900. The molecule has 0 unspecified atom stereocenters. The predicted molar refractivity (Wildman–Crippen MR) is 113 cm³/mol. The number of carbonyl (C=O) groups is 1. The molecule has 4 heteroatoms. The molecule has 0 saturated heterocycles. The fourth-order valence-corrected chi connectivity index (χ4v) is 3.50. The molecule has 0 saturated carbocycles. The van der Waals surface area contributed by atoms with Crippen LogP contribution in [0.1, 0.15) is 96.8 Å². The molecule has 0 aromatic carbocycles. The third-order valence-corrected chi connectivity index (χ3v) is 5.23. The van der Waals surface area contributed by atoms with E-state index in [0.717, 1.165) is 39.1 Å². The van der Waals surface area contributed by atoms with Crippen LogP contribution in [0.3, 0.4) is 0 Å². The topological polar surface area (TPSA) is 44.7 Å². The second-order valence-corrected chi connectivity index (χ2v) is 7.65. The van der Waals surface area contributed by atoms with E-state index in [0.29, 0.717) is 6.42 Å². The summed E-state index contributed by atoms with van der Waals surface area (Å²) in [6.45, 7) is 6.63. The number of hydrogen-bond acceptors (Lipinski definition) is 3. The van der Waals surface area contributed by atoms with E-state index in [9.17, 15) is 4.79 Å². The standard InChI is InChI=1S/C22H43N3O/c1-2-3-4-5-6-7-8-9-10-11-12-13-16-23-18-20-25-21-19-24-17-14-15-22(25)26/h17,23H,2-16,18-21H2,1H3. The maximum absolute atomic E-state index is 12.0. The van der Waals surface area contributed by atoms with Crippen molar-refractivity contribution in [2.45, 2.75) is 96.8 Å². The van der Waals surface area contributed by atoms with Crippen molar-refractivity contribution in [3.8, 4) is 0 Å². The van der Waals surface area contributed by atoms with Gasteiger partial charge >= 0.3 is 0 Å². The van der Waals surface area contributed by atoms with Crippen LogP contribution in [-0.2, 0) is 4.79 Å². The predicted octanol–water partition coefficient (Wildman–Crippen LogP) is 4.97. The summed E-state index contributed by atoms with van der Waals surface area (Å²) in [5.41, 5.74) is 0. The molecular formula is C22H43N3O. The maximum Gasteiger partial charge on any atom is 0.223 e. The van der Waals surface area contributed by atoms with Crippen molar-refractivity contribution in [3.63, 3.8) is 0 Å². The highest BCUT2D eigenvalue weighted by atomic mass is 16.2. The molecule has 0 atom stereocenters. The molecule has 26 heavy (non-hydrogen) atoms. The first-order valence-corrected chi connectivity index (χ1v) is 11.3.